The van der Waals surface area contributed by atoms with E-state index in [1.165, 1.54) is 12.1 Å². The van der Waals surface area contributed by atoms with Crippen molar-refractivity contribution in [3.05, 3.63) is 59.8 Å². The third-order valence-corrected chi connectivity index (χ3v) is 5.15. The zero-order chi connectivity index (χ0) is 18.9. The van der Waals surface area contributed by atoms with Crippen LogP contribution in [0.3, 0.4) is 0 Å². The molecule has 3 aromatic rings. The van der Waals surface area contributed by atoms with Gasteiger partial charge in [-0.1, -0.05) is 42.0 Å². The number of benzene rings is 2. The van der Waals surface area contributed by atoms with Crippen LogP contribution in [0.4, 0.5) is 0 Å². The summed E-state index contributed by atoms with van der Waals surface area (Å²) in [6, 6.07) is 16.4. The molecule has 0 aliphatic rings. The molecule has 132 valence electrons. The maximum absolute atomic E-state index is 11.5. The Morgan fingerprint density at radius 3 is 2.15 bits per heavy atom. The highest BCUT2D eigenvalue weighted by atomic mass is 32.2. The Hall–Kier alpha value is -2.95. The van der Waals surface area contributed by atoms with Crippen LogP contribution in [-0.4, -0.2) is 18.2 Å². The molecule has 0 unspecified atom stereocenters. The van der Waals surface area contributed by atoms with Gasteiger partial charge in [0.15, 0.2) is 0 Å². The van der Waals surface area contributed by atoms with Gasteiger partial charge in [0.1, 0.15) is 12.2 Å². The van der Waals surface area contributed by atoms with Crippen molar-refractivity contribution >= 4 is 10.0 Å². The van der Waals surface area contributed by atoms with Crippen molar-refractivity contribution in [2.24, 2.45) is 5.14 Å². The van der Waals surface area contributed by atoms with E-state index in [-0.39, 0.29) is 11.4 Å². The predicted molar refractivity (Wildman–Crippen MR) is 99.6 cm³/mol. The normalized spacial score (nSPS) is 11.3. The maximum Gasteiger partial charge on any atom is 0.238 e. The van der Waals surface area contributed by atoms with Gasteiger partial charge < -0.3 is 0 Å². The Morgan fingerprint density at radius 1 is 1.04 bits per heavy atom. The van der Waals surface area contributed by atoms with Gasteiger partial charge in [-0.25, -0.2) is 13.6 Å². The van der Waals surface area contributed by atoms with E-state index in [4.69, 9.17) is 10.4 Å². The molecule has 0 fully saturated rings. The van der Waals surface area contributed by atoms with E-state index in [9.17, 15) is 8.42 Å². The van der Waals surface area contributed by atoms with Gasteiger partial charge in [-0.05, 0) is 31.5 Å². The number of primary sulfonamides is 1. The second kappa shape index (κ2) is 6.75. The topological polar surface area (TPSA) is 102 Å². The molecular weight excluding hydrogens is 348 g/mol. The molecule has 3 rings (SSSR count). The van der Waals surface area contributed by atoms with Gasteiger partial charge in [0.05, 0.1) is 11.0 Å². The van der Waals surface area contributed by atoms with Crippen LogP contribution >= 0.6 is 0 Å². The fourth-order valence-corrected chi connectivity index (χ4v) is 3.35. The van der Waals surface area contributed by atoms with Crippen molar-refractivity contribution in [1.82, 2.24) is 9.78 Å². The summed E-state index contributed by atoms with van der Waals surface area (Å²) in [7, 11) is -3.75. The predicted octanol–water partition coefficient (Wildman–Crippen LogP) is 3.00. The number of aromatic nitrogens is 2. The second-order valence-electron chi connectivity index (χ2n) is 6.06. The van der Waals surface area contributed by atoms with Crippen LogP contribution in [0.2, 0.25) is 0 Å². The number of sulfonamides is 1. The number of rotatable bonds is 4. The van der Waals surface area contributed by atoms with Crippen LogP contribution < -0.4 is 5.14 Å². The molecule has 7 heteroatoms. The first-order valence-corrected chi connectivity index (χ1v) is 9.50. The van der Waals surface area contributed by atoms with Crippen LogP contribution in [0.25, 0.3) is 22.4 Å². The van der Waals surface area contributed by atoms with E-state index < -0.39 is 10.0 Å². The smallest absolute Gasteiger partial charge is 0.238 e. The van der Waals surface area contributed by atoms with E-state index in [0.29, 0.717) is 5.69 Å². The van der Waals surface area contributed by atoms with Gasteiger partial charge in [0.2, 0.25) is 10.0 Å². The lowest BCUT2D eigenvalue weighted by atomic mass is 9.98. The largest absolute Gasteiger partial charge is 0.254 e. The van der Waals surface area contributed by atoms with E-state index in [2.05, 4.69) is 11.2 Å². The number of hydrogen-bond donors (Lipinski definition) is 1. The van der Waals surface area contributed by atoms with Gasteiger partial charge >= 0.3 is 0 Å². The summed E-state index contributed by atoms with van der Waals surface area (Å²) >= 11 is 0. The van der Waals surface area contributed by atoms with Crippen molar-refractivity contribution in [3.63, 3.8) is 0 Å². The molecule has 26 heavy (non-hydrogen) atoms. The SMILES string of the molecule is Cc1ccc(-c2c(-c3ccc(S(N)(=O)=O)cc3)nn(CC#N)c2C)cc1. The molecule has 1 heterocycles. The first kappa shape index (κ1) is 17.9. The second-order valence-corrected chi connectivity index (χ2v) is 7.62. The fourth-order valence-electron chi connectivity index (χ4n) is 2.84. The van der Waals surface area contributed by atoms with Gasteiger partial charge in [-0.3, -0.25) is 4.68 Å². The molecular formula is C19H18N4O2S. The fraction of sp³-hybridized carbons (Fsp3) is 0.158. The molecule has 2 N–H and O–H groups in total. The van der Waals surface area contributed by atoms with Crippen LogP contribution in [0.15, 0.2) is 53.4 Å². The molecule has 6 nitrogen and oxygen atoms in total. The Bertz CT molecular complexity index is 1090. The van der Waals surface area contributed by atoms with Gasteiger partial charge in [-0.2, -0.15) is 10.4 Å². The average molecular weight is 366 g/mol. The summed E-state index contributed by atoms with van der Waals surface area (Å²) in [5, 5.41) is 18.8. The summed E-state index contributed by atoms with van der Waals surface area (Å²) in [6.45, 7) is 4.07. The van der Waals surface area contributed by atoms with Gasteiger partial charge in [-0.15, -0.1) is 0 Å². The summed E-state index contributed by atoms with van der Waals surface area (Å²) in [4.78, 5) is 0.0475. The van der Waals surface area contributed by atoms with Crippen molar-refractivity contribution in [2.75, 3.05) is 0 Å². The number of aryl methyl sites for hydroxylation is 1. The molecule has 0 aliphatic carbocycles. The lowest BCUT2D eigenvalue weighted by molar-refractivity contribution is 0.598. The highest BCUT2D eigenvalue weighted by Crippen LogP contribution is 2.34. The van der Waals surface area contributed by atoms with Crippen molar-refractivity contribution < 1.29 is 8.42 Å². The Balaban J connectivity index is 2.19. The number of nitrogens with two attached hydrogens (primary N) is 1. The van der Waals surface area contributed by atoms with Crippen LogP contribution in [0, 0.1) is 25.2 Å². The zero-order valence-electron chi connectivity index (χ0n) is 14.5. The molecule has 0 spiro atoms. The van der Waals surface area contributed by atoms with Gasteiger partial charge in [0, 0.05) is 16.8 Å². The molecule has 0 saturated heterocycles. The van der Waals surface area contributed by atoms with Crippen molar-refractivity contribution in [3.8, 4) is 28.5 Å². The number of hydrogen-bond acceptors (Lipinski definition) is 4. The summed E-state index contributed by atoms with van der Waals surface area (Å²) in [6.07, 6.45) is 0. The Kier molecular flexibility index (Phi) is 4.64. The van der Waals surface area contributed by atoms with Crippen molar-refractivity contribution in [1.29, 1.82) is 5.26 Å². The minimum atomic E-state index is -3.75. The third kappa shape index (κ3) is 3.38. The van der Waals surface area contributed by atoms with Gasteiger partial charge in [0.25, 0.3) is 0 Å². The lowest BCUT2D eigenvalue weighted by Gasteiger charge is -2.06. The first-order chi connectivity index (χ1) is 12.3. The molecule has 0 radical (unpaired) electrons. The van der Waals surface area contributed by atoms with E-state index >= 15 is 0 Å². The quantitative estimate of drug-likeness (QED) is 0.767. The summed E-state index contributed by atoms with van der Waals surface area (Å²) in [5.41, 5.74) is 5.39. The molecule has 0 bridgehead atoms. The molecule has 2 aromatic carbocycles. The minimum absolute atomic E-state index is 0.0475. The van der Waals surface area contributed by atoms with Crippen LogP contribution in [0.5, 0.6) is 0 Å². The third-order valence-electron chi connectivity index (χ3n) is 4.22. The molecule has 0 amide bonds. The molecule has 1 aromatic heterocycles. The van der Waals surface area contributed by atoms with Crippen LogP contribution in [-0.2, 0) is 16.6 Å². The first-order valence-electron chi connectivity index (χ1n) is 7.96. The Morgan fingerprint density at radius 2 is 1.62 bits per heavy atom. The standard InChI is InChI=1S/C19H18N4O2S/c1-13-3-5-15(6-4-13)18-14(2)23(12-11-20)22-19(18)16-7-9-17(10-8-16)26(21,24)25/h3-10H,12H2,1-2H3,(H2,21,24,25). The van der Waals surface area contributed by atoms with Crippen molar-refractivity contribution in [2.45, 2.75) is 25.3 Å². The molecule has 0 atom stereocenters. The molecule has 0 saturated carbocycles. The lowest BCUT2D eigenvalue weighted by Crippen LogP contribution is -2.11. The number of nitriles is 1. The average Bonchev–Trinajstić information content (AvgIpc) is 2.92. The zero-order valence-corrected chi connectivity index (χ0v) is 15.3. The Labute approximate surface area is 152 Å². The van der Waals surface area contributed by atoms with E-state index in [0.717, 1.165) is 27.9 Å². The summed E-state index contributed by atoms with van der Waals surface area (Å²) in [5.74, 6) is 0. The highest BCUT2D eigenvalue weighted by molar-refractivity contribution is 7.89. The monoisotopic (exact) mass is 366 g/mol. The minimum Gasteiger partial charge on any atom is -0.254 e. The van der Waals surface area contributed by atoms with E-state index in [1.54, 1.807) is 16.8 Å². The highest BCUT2D eigenvalue weighted by Gasteiger charge is 2.18. The number of nitrogens with zero attached hydrogens (tertiary/aromatic N) is 3. The molecule has 0 aliphatic heterocycles. The van der Waals surface area contributed by atoms with E-state index in [1.807, 2.05) is 38.1 Å². The maximum atomic E-state index is 11.5. The van der Waals surface area contributed by atoms with Crippen LogP contribution in [0.1, 0.15) is 11.3 Å². The summed E-state index contributed by atoms with van der Waals surface area (Å²) < 4.78 is 24.6.